The summed E-state index contributed by atoms with van der Waals surface area (Å²) in [5.41, 5.74) is 1.94. The van der Waals surface area contributed by atoms with E-state index in [-0.39, 0.29) is 11.7 Å². The first-order valence-electron chi connectivity index (χ1n) is 9.85. The number of rotatable bonds is 4. The van der Waals surface area contributed by atoms with Crippen LogP contribution in [0, 0.1) is 5.82 Å². The predicted molar refractivity (Wildman–Crippen MR) is 109 cm³/mol. The third-order valence-electron chi connectivity index (χ3n) is 5.55. The van der Waals surface area contributed by atoms with Gasteiger partial charge >= 0.3 is 0 Å². The first-order chi connectivity index (χ1) is 14.2. The van der Waals surface area contributed by atoms with Gasteiger partial charge in [0, 0.05) is 64.2 Å². The second-order valence-electron chi connectivity index (χ2n) is 7.26. The van der Waals surface area contributed by atoms with E-state index in [0.717, 1.165) is 25.2 Å². The molecule has 3 heterocycles. The van der Waals surface area contributed by atoms with Gasteiger partial charge in [-0.05, 0) is 24.3 Å². The minimum atomic E-state index is -0.240. The Bertz CT molecular complexity index is 877. The molecule has 4 rings (SSSR count). The molecule has 2 saturated heterocycles. The first kappa shape index (κ1) is 19.2. The summed E-state index contributed by atoms with van der Waals surface area (Å²) in [7, 11) is 0. The number of carbonyl (C=O) groups is 2. The van der Waals surface area contributed by atoms with E-state index in [1.807, 2.05) is 23.1 Å². The van der Waals surface area contributed by atoms with Gasteiger partial charge in [-0.15, -0.1) is 0 Å². The van der Waals surface area contributed by atoms with Gasteiger partial charge < -0.3 is 19.6 Å². The van der Waals surface area contributed by atoms with Gasteiger partial charge in [0.15, 0.2) is 0 Å². The van der Waals surface area contributed by atoms with E-state index in [9.17, 15) is 14.0 Å². The van der Waals surface area contributed by atoms with Crippen LogP contribution in [0.4, 0.5) is 15.8 Å². The van der Waals surface area contributed by atoms with E-state index >= 15 is 0 Å². The standard InChI is InChI=1S/C21H24FN5O2/c22-18-3-1-2-4-20(18)26-11-13-27(14-12-26)21(29)19-15-17(5-6-23-19)25-9-7-24(16-28)8-10-25/h1-6,15-16H,7-14H2. The number of pyridine rings is 1. The number of carbonyl (C=O) groups excluding carboxylic acids is 2. The number of piperazine rings is 2. The Morgan fingerprint density at radius 3 is 2.31 bits per heavy atom. The van der Waals surface area contributed by atoms with Crippen LogP contribution in [-0.2, 0) is 4.79 Å². The molecule has 29 heavy (non-hydrogen) atoms. The number of para-hydroxylation sites is 1. The molecule has 0 spiro atoms. The predicted octanol–water partition coefficient (Wildman–Crippen LogP) is 1.46. The van der Waals surface area contributed by atoms with Crippen molar-refractivity contribution in [3.63, 3.8) is 0 Å². The Morgan fingerprint density at radius 1 is 0.931 bits per heavy atom. The normalized spacial score (nSPS) is 17.4. The van der Waals surface area contributed by atoms with Gasteiger partial charge in [-0.3, -0.25) is 14.6 Å². The number of aromatic nitrogens is 1. The molecule has 8 heteroatoms. The van der Waals surface area contributed by atoms with Crippen molar-refractivity contribution < 1.29 is 14.0 Å². The quantitative estimate of drug-likeness (QED) is 0.731. The Hall–Kier alpha value is -3.16. The van der Waals surface area contributed by atoms with Gasteiger partial charge in [0.2, 0.25) is 6.41 Å². The van der Waals surface area contributed by atoms with Gasteiger partial charge in [0.1, 0.15) is 11.5 Å². The number of hydrogen-bond acceptors (Lipinski definition) is 5. The van der Waals surface area contributed by atoms with Crippen molar-refractivity contribution in [3.8, 4) is 0 Å². The van der Waals surface area contributed by atoms with Crippen LogP contribution in [0.5, 0.6) is 0 Å². The molecule has 2 aliphatic rings. The van der Waals surface area contributed by atoms with Crippen molar-refractivity contribution in [2.24, 2.45) is 0 Å². The second-order valence-corrected chi connectivity index (χ2v) is 7.26. The fourth-order valence-electron chi connectivity index (χ4n) is 3.84. The van der Waals surface area contributed by atoms with Crippen molar-refractivity contribution in [2.45, 2.75) is 0 Å². The Balaban J connectivity index is 1.39. The molecular weight excluding hydrogens is 373 g/mol. The molecule has 2 fully saturated rings. The van der Waals surface area contributed by atoms with E-state index in [1.54, 1.807) is 28.1 Å². The summed E-state index contributed by atoms with van der Waals surface area (Å²) in [6.45, 7) is 5.03. The molecule has 2 amide bonds. The van der Waals surface area contributed by atoms with Crippen molar-refractivity contribution in [1.82, 2.24) is 14.8 Å². The summed E-state index contributed by atoms with van der Waals surface area (Å²) >= 11 is 0. The van der Waals surface area contributed by atoms with Gasteiger partial charge in [0.05, 0.1) is 5.69 Å². The summed E-state index contributed by atoms with van der Waals surface area (Å²) in [4.78, 5) is 35.7. The maximum absolute atomic E-state index is 14.0. The van der Waals surface area contributed by atoms with E-state index < -0.39 is 0 Å². The highest BCUT2D eigenvalue weighted by Crippen LogP contribution is 2.22. The SMILES string of the molecule is O=CN1CCN(c2ccnc(C(=O)N3CCN(c4ccccc4F)CC3)c2)CC1. The molecule has 7 nitrogen and oxygen atoms in total. The summed E-state index contributed by atoms with van der Waals surface area (Å²) in [5.74, 6) is -0.345. The smallest absolute Gasteiger partial charge is 0.272 e. The van der Waals surface area contributed by atoms with Crippen molar-refractivity contribution in [3.05, 3.63) is 54.1 Å². The minimum absolute atomic E-state index is 0.105. The van der Waals surface area contributed by atoms with Crippen LogP contribution in [0.3, 0.4) is 0 Å². The molecule has 0 aliphatic carbocycles. The highest BCUT2D eigenvalue weighted by molar-refractivity contribution is 5.93. The molecule has 152 valence electrons. The second kappa shape index (κ2) is 8.46. The zero-order valence-electron chi connectivity index (χ0n) is 16.2. The first-order valence-corrected chi connectivity index (χ1v) is 9.85. The molecule has 0 unspecified atom stereocenters. The lowest BCUT2D eigenvalue weighted by Crippen LogP contribution is -2.49. The molecule has 0 saturated carbocycles. The minimum Gasteiger partial charge on any atom is -0.368 e. The summed E-state index contributed by atoms with van der Waals surface area (Å²) < 4.78 is 14.0. The van der Waals surface area contributed by atoms with Crippen LogP contribution in [0.25, 0.3) is 0 Å². The molecule has 2 aromatic rings. The third-order valence-corrected chi connectivity index (χ3v) is 5.55. The highest BCUT2D eigenvalue weighted by atomic mass is 19.1. The van der Waals surface area contributed by atoms with Crippen molar-refractivity contribution in [1.29, 1.82) is 0 Å². The van der Waals surface area contributed by atoms with E-state index in [2.05, 4.69) is 9.88 Å². The van der Waals surface area contributed by atoms with Crippen molar-refractivity contribution in [2.75, 3.05) is 62.2 Å². The lowest BCUT2D eigenvalue weighted by Gasteiger charge is -2.36. The molecule has 0 bridgehead atoms. The Labute approximate surface area is 169 Å². The molecule has 0 N–H and O–H groups in total. The number of halogens is 1. The maximum atomic E-state index is 14.0. The van der Waals surface area contributed by atoms with Gasteiger partial charge in [-0.2, -0.15) is 0 Å². The molecule has 1 aromatic carbocycles. The number of nitrogens with zero attached hydrogens (tertiary/aromatic N) is 5. The van der Waals surface area contributed by atoms with E-state index in [0.29, 0.717) is 50.6 Å². The van der Waals surface area contributed by atoms with Gasteiger partial charge in [-0.25, -0.2) is 4.39 Å². The molecule has 2 aliphatic heterocycles. The Morgan fingerprint density at radius 2 is 1.62 bits per heavy atom. The maximum Gasteiger partial charge on any atom is 0.272 e. The van der Waals surface area contributed by atoms with Crippen LogP contribution < -0.4 is 9.80 Å². The number of anilines is 2. The number of benzene rings is 1. The topological polar surface area (TPSA) is 60.0 Å². The fraction of sp³-hybridized carbons (Fsp3) is 0.381. The van der Waals surface area contributed by atoms with E-state index in [1.165, 1.54) is 6.07 Å². The van der Waals surface area contributed by atoms with Gasteiger partial charge in [0.25, 0.3) is 5.91 Å². The fourth-order valence-corrected chi connectivity index (χ4v) is 3.84. The van der Waals surface area contributed by atoms with Crippen LogP contribution in [0.15, 0.2) is 42.6 Å². The third kappa shape index (κ3) is 4.16. The zero-order chi connectivity index (χ0) is 20.2. The number of hydrogen-bond donors (Lipinski definition) is 0. The summed E-state index contributed by atoms with van der Waals surface area (Å²) in [6, 6.07) is 10.4. The molecule has 1 aromatic heterocycles. The average Bonchev–Trinajstić information content (AvgIpc) is 2.79. The van der Waals surface area contributed by atoms with Crippen LogP contribution in [0.1, 0.15) is 10.5 Å². The monoisotopic (exact) mass is 397 g/mol. The number of amides is 2. The van der Waals surface area contributed by atoms with Crippen LogP contribution >= 0.6 is 0 Å². The lowest BCUT2D eigenvalue weighted by molar-refractivity contribution is -0.118. The van der Waals surface area contributed by atoms with Crippen LogP contribution in [-0.4, -0.2) is 79.5 Å². The largest absolute Gasteiger partial charge is 0.368 e. The van der Waals surface area contributed by atoms with E-state index in [4.69, 9.17) is 0 Å². The lowest BCUT2D eigenvalue weighted by atomic mass is 10.2. The zero-order valence-corrected chi connectivity index (χ0v) is 16.2. The van der Waals surface area contributed by atoms with Crippen LogP contribution in [0.2, 0.25) is 0 Å². The van der Waals surface area contributed by atoms with Gasteiger partial charge in [-0.1, -0.05) is 12.1 Å². The molecule has 0 radical (unpaired) electrons. The molecule has 0 atom stereocenters. The van der Waals surface area contributed by atoms with Crippen molar-refractivity contribution >= 4 is 23.7 Å². The summed E-state index contributed by atoms with van der Waals surface area (Å²) in [6.07, 6.45) is 2.53. The Kier molecular flexibility index (Phi) is 5.59. The molecular formula is C21H24FN5O2. The highest BCUT2D eigenvalue weighted by Gasteiger charge is 2.25. The average molecular weight is 397 g/mol. The summed E-state index contributed by atoms with van der Waals surface area (Å²) in [5, 5.41) is 0.